The molecule has 1 aliphatic carbocycles. The molecule has 2 N–H and O–H groups in total. The number of carbonyl (C=O) groups excluding carboxylic acids is 1. The molecular formula is C27H29FN6O3S. The number of amides is 1. The summed E-state index contributed by atoms with van der Waals surface area (Å²) in [7, 11) is 0. The molecule has 3 aromatic heterocycles. The number of nitrogens with zero attached hydrogens (tertiary/aromatic N) is 4. The van der Waals surface area contributed by atoms with Crippen LogP contribution in [0.2, 0.25) is 0 Å². The van der Waals surface area contributed by atoms with Crippen LogP contribution in [-0.4, -0.2) is 47.5 Å². The van der Waals surface area contributed by atoms with Gasteiger partial charge in [-0.25, -0.2) is 19.2 Å². The average Bonchev–Trinajstić information content (AvgIpc) is 3.30. The van der Waals surface area contributed by atoms with Gasteiger partial charge in [-0.1, -0.05) is 0 Å². The molecule has 0 radical (unpaired) electrons. The Morgan fingerprint density at radius 2 is 1.79 bits per heavy atom. The first-order valence-electron chi connectivity index (χ1n) is 13.1. The number of pyridine rings is 1. The molecule has 2 fully saturated rings. The average molecular weight is 537 g/mol. The van der Waals surface area contributed by atoms with Crippen molar-refractivity contribution in [1.29, 1.82) is 0 Å². The maximum atomic E-state index is 14.1. The molecule has 38 heavy (non-hydrogen) atoms. The lowest BCUT2D eigenvalue weighted by Crippen LogP contribution is -2.46. The number of carbonyl (C=O) groups is 1. The van der Waals surface area contributed by atoms with Crippen molar-refractivity contribution in [2.75, 3.05) is 11.5 Å². The highest BCUT2D eigenvalue weighted by atomic mass is 32.2. The van der Waals surface area contributed by atoms with Gasteiger partial charge in [-0.3, -0.25) is 18.7 Å². The smallest absolute Gasteiger partial charge is 0.333 e. The number of rotatable bonds is 4. The zero-order chi connectivity index (χ0) is 26.4. The predicted octanol–water partition coefficient (Wildman–Crippen LogP) is 3.86. The number of hydrogen-bond acceptors (Lipinski definition) is 6. The van der Waals surface area contributed by atoms with E-state index in [0.29, 0.717) is 31.2 Å². The number of aryl methyl sites for hydroxylation is 1. The Labute approximate surface area is 221 Å². The monoisotopic (exact) mass is 536 g/mol. The number of thioether (sulfide) groups is 1. The Balaban J connectivity index is 1.24. The molecule has 198 valence electrons. The fraction of sp³-hybridized carbons (Fsp3) is 0.444. The van der Waals surface area contributed by atoms with E-state index in [1.165, 1.54) is 10.6 Å². The van der Waals surface area contributed by atoms with Crippen molar-refractivity contribution in [3.05, 3.63) is 68.5 Å². The van der Waals surface area contributed by atoms with E-state index in [1.54, 1.807) is 16.7 Å². The summed E-state index contributed by atoms with van der Waals surface area (Å²) < 4.78 is 17.1. The third-order valence-corrected chi connectivity index (χ3v) is 8.79. The number of aromatic amines is 1. The molecule has 2 aliphatic rings. The van der Waals surface area contributed by atoms with Gasteiger partial charge in [-0.2, -0.15) is 11.8 Å². The normalized spacial score (nSPS) is 20.7. The SMILES string of the molecule is Cc1nc2ccc(C(=O)NC3CCC(n4c(=O)c5cc(F)cnc5n(C5CCSCC5)c4=O)CC3)cc2[nH]1. The molecular weight excluding hydrogens is 507 g/mol. The van der Waals surface area contributed by atoms with Crippen molar-refractivity contribution >= 4 is 39.7 Å². The Kier molecular flexibility index (Phi) is 6.55. The second-order valence-electron chi connectivity index (χ2n) is 10.2. The van der Waals surface area contributed by atoms with Gasteiger partial charge in [-0.05, 0) is 81.2 Å². The van der Waals surface area contributed by atoms with Gasteiger partial charge in [-0.15, -0.1) is 0 Å². The molecule has 0 unspecified atom stereocenters. The predicted molar refractivity (Wildman–Crippen MR) is 145 cm³/mol. The van der Waals surface area contributed by atoms with Gasteiger partial charge in [0.05, 0.1) is 22.6 Å². The fourth-order valence-corrected chi connectivity index (χ4v) is 6.91. The van der Waals surface area contributed by atoms with Crippen LogP contribution in [0, 0.1) is 12.7 Å². The summed E-state index contributed by atoms with van der Waals surface area (Å²) in [6.45, 7) is 1.87. The summed E-state index contributed by atoms with van der Waals surface area (Å²) >= 11 is 1.84. The van der Waals surface area contributed by atoms with E-state index in [2.05, 4.69) is 20.3 Å². The largest absolute Gasteiger partial charge is 0.349 e. The van der Waals surface area contributed by atoms with Crippen LogP contribution in [-0.2, 0) is 0 Å². The molecule has 0 bridgehead atoms. The summed E-state index contributed by atoms with van der Waals surface area (Å²) in [4.78, 5) is 51.8. The summed E-state index contributed by atoms with van der Waals surface area (Å²) in [5, 5.41) is 3.24. The highest BCUT2D eigenvalue weighted by Crippen LogP contribution is 2.30. The van der Waals surface area contributed by atoms with Gasteiger partial charge in [0, 0.05) is 23.7 Å². The second kappa shape index (κ2) is 10.0. The highest BCUT2D eigenvalue weighted by Gasteiger charge is 2.30. The number of aromatic nitrogens is 5. The third-order valence-electron chi connectivity index (χ3n) is 7.74. The number of nitrogens with one attached hydrogen (secondary N) is 2. The van der Waals surface area contributed by atoms with Crippen LogP contribution in [0.5, 0.6) is 0 Å². The standard InChI is InChI=1S/C27H29FN6O3S/c1-15-30-22-7-2-16(12-23(22)31-15)25(35)32-18-3-5-19(6-4-18)34-26(36)21-13-17(28)14-29-24(21)33(27(34)37)20-8-10-38-11-9-20/h2,7,12-14,18-20H,3-6,8-11H2,1H3,(H,30,31)(H,32,35). The van der Waals surface area contributed by atoms with E-state index in [1.807, 2.05) is 24.8 Å². The molecule has 0 atom stereocenters. The molecule has 1 aliphatic heterocycles. The molecule has 1 aromatic carbocycles. The zero-order valence-corrected chi connectivity index (χ0v) is 21.9. The highest BCUT2D eigenvalue weighted by molar-refractivity contribution is 7.99. The minimum atomic E-state index is -0.597. The van der Waals surface area contributed by atoms with E-state index in [-0.39, 0.29) is 40.8 Å². The topological polar surface area (TPSA) is 115 Å². The zero-order valence-electron chi connectivity index (χ0n) is 21.1. The van der Waals surface area contributed by atoms with E-state index < -0.39 is 11.4 Å². The minimum Gasteiger partial charge on any atom is -0.349 e. The number of H-pyrrole nitrogens is 1. The molecule has 1 amide bonds. The van der Waals surface area contributed by atoms with Crippen LogP contribution in [0.15, 0.2) is 40.1 Å². The Hall–Kier alpha value is -3.47. The maximum Gasteiger partial charge on any atom is 0.333 e. The van der Waals surface area contributed by atoms with Crippen molar-refractivity contribution in [3.63, 3.8) is 0 Å². The number of benzene rings is 1. The molecule has 6 rings (SSSR count). The first-order chi connectivity index (χ1) is 18.4. The van der Waals surface area contributed by atoms with Gasteiger partial charge in [0.1, 0.15) is 17.3 Å². The van der Waals surface area contributed by atoms with Crippen molar-refractivity contribution < 1.29 is 9.18 Å². The van der Waals surface area contributed by atoms with E-state index in [0.717, 1.165) is 47.4 Å². The van der Waals surface area contributed by atoms with Gasteiger partial charge in [0.15, 0.2) is 0 Å². The van der Waals surface area contributed by atoms with E-state index in [9.17, 15) is 18.8 Å². The molecule has 1 saturated heterocycles. The van der Waals surface area contributed by atoms with Crippen LogP contribution in [0.4, 0.5) is 4.39 Å². The van der Waals surface area contributed by atoms with Crippen LogP contribution in [0.3, 0.4) is 0 Å². The molecule has 11 heteroatoms. The van der Waals surface area contributed by atoms with Crippen molar-refractivity contribution in [3.8, 4) is 0 Å². The quantitative estimate of drug-likeness (QED) is 0.409. The van der Waals surface area contributed by atoms with Crippen LogP contribution in [0.25, 0.3) is 22.1 Å². The molecule has 1 saturated carbocycles. The third kappa shape index (κ3) is 4.53. The lowest BCUT2D eigenvalue weighted by molar-refractivity contribution is 0.0922. The van der Waals surface area contributed by atoms with E-state index in [4.69, 9.17) is 0 Å². The Bertz CT molecular complexity index is 1650. The van der Waals surface area contributed by atoms with Crippen LogP contribution < -0.4 is 16.6 Å². The van der Waals surface area contributed by atoms with Crippen molar-refractivity contribution in [2.24, 2.45) is 0 Å². The van der Waals surface area contributed by atoms with Crippen LogP contribution >= 0.6 is 11.8 Å². The van der Waals surface area contributed by atoms with Gasteiger partial charge in [0.25, 0.3) is 11.5 Å². The van der Waals surface area contributed by atoms with Crippen molar-refractivity contribution in [1.82, 2.24) is 29.4 Å². The number of imidazole rings is 1. The second-order valence-corrected chi connectivity index (χ2v) is 11.5. The summed E-state index contributed by atoms with van der Waals surface area (Å²) in [5.74, 6) is 1.89. The van der Waals surface area contributed by atoms with Gasteiger partial charge in [0.2, 0.25) is 0 Å². The Morgan fingerprint density at radius 3 is 2.55 bits per heavy atom. The lowest BCUT2D eigenvalue weighted by Gasteiger charge is -2.31. The lowest BCUT2D eigenvalue weighted by atomic mass is 9.90. The van der Waals surface area contributed by atoms with Crippen molar-refractivity contribution in [2.45, 2.75) is 63.6 Å². The van der Waals surface area contributed by atoms with Gasteiger partial charge >= 0.3 is 5.69 Å². The molecule has 9 nitrogen and oxygen atoms in total. The minimum absolute atomic E-state index is 0.0641. The Morgan fingerprint density at radius 1 is 1.05 bits per heavy atom. The number of halogens is 1. The summed E-state index contributed by atoms with van der Waals surface area (Å²) in [6.07, 6.45) is 5.07. The van der Waals surface area contributed by atoms with Gasteiger partial charge < -0.3 is 10.3 Å². The number of fused-ring (bicyclic) bond motifs is 2. The molecule has 4 aromatic rings. The summed E-state index contributed by atoms with van der Waals surface area (Å²) in [6, 6.07) is 6.13. The first kappa shape index (κ1) is 24.8. The number of hydrogen-bond donors (Lipinski definition) is 2. The summed E-state index contributed by atoms with van der Waals surface area (Å²) in [5.41, 5.74) is 1.58. The maximum absolute atomic E-state index is 14.1. The molecule has 4 heterocycles. The first-order valence-corrected chi connectivity index (χ1v) is 14.2. The van der Waals surface area contributed by atoms with E-state index >= 15 is 0 Å². The molecule has 0 spiro atoms. The fourth-order valence-electron chi connectivity index (χ4n) is 5.82. The van der Waals surface area contributed by atoms with Crippen LogP contribution in [0.1, 0.15) is 66.8 Å².